The third kappa shape index (κ3) is 8.85. The molecule has 0 aliphatic rings. The van der Waals surface area contributed by atoms with Crippen molar-refractivity contribution in [3.63, 3.8) is 0 Å². The number of rotatable bonds is 8. The van der Waals surface area contributed by atoms with Crippen molar-refractivity contribution >= 4 is 9.76 Å². The molecule has 2 nitrogen and oxygen atoms in total. The van der Waals surface area contributed by atoms with E-state index in [1.807, 2.05) is 0 Å². The van der Waals surface area contributed by atoms with Crippen LogP contribution in [0, 0.1) is 17.5 Å². The van der Waals surface area contributed by atoms with Crippen LogP contribution >= 0.6 is 0 Å². The van der Waals surface area contributed by atoms with Crippen LogP contribution in [0.3, 0.4) is 0 Å². The van der Waals surface area contributed by atoms with Crippen molar-refractivity contribution in [1.29, 1.82) is 0 Å². The number of benzene rings is 1. The molecule has 0 unspecified atom stereocenters. The Morgan fingerprint density at radius 3 is 1.83 bits per heavy atom. The molecule has 0 fully saturated rings. The van der Waals surface area contributed by atoms with Crippen LogP contribution in [-0.4, -0.2) is 38.1 Å². The largest absolute Gasteiger partial charge is 0.438 e. The summed E-state index contributed by atoms with van der Waals surface area (Å²) in [4.78, 5) is 11.1. The van der Waals surface area contributed by atoms with Gasteiger partial charge in [-0.25, -0.2) is 13.2 Å². The van der Waals surface area contributed by atoms with Crippen molar-refractivity contribution < 1.29 is 18.0 Å². The van der Waals surface area contributed by atoms with Gasteiger partial charge in [-0.15, -0.1) is 0 Å². The van der Waals surface area contributed by atoms with Gasteiger partial charge in [-0.3, -0.25) is 4.90 Å². The summed E-state index contributed by atoms with van der Waals surface area (Å²) in [5, 5.41) is 0. The summed E-state index contributed by atoms with van der Waals surface area (Å²) in [6, 6.07) is 3.52. The van der Waals surface area contributed by atoms with Gasteiger partial charge in [0, 0.05) is 29.8 Å². The molecule has 1 aromatic rings. The standard InChI is InChI=1S/C10H13F3OSi.C8H19N/c11-7-5-9(12)8(10(13)6-7)3-1-2-4-15-14;1-6-9(7(2)3)8(4)5/h5-6,14H,1-4,15H2;7-8H,6H2,1-5H3. The van der Waals surface area contributed by atoms with E-state index >= 15 is 0 Å². The molecule has 0 spiro atoms. The van der Waals surface area contributed by atoms with Crippen molar-refractivity contribution in [3.8, 4) is 0 Å². The van der Waals surface area contributed by atoms with Crippen LogP contribution in [-0.2, 0) is 6.42 Å². The summed E-state index contributed by atoms with van der Waals surface area (Å²) in [5.74, 6) is -2.54. The molecule has 1 N–H and O–H groups in total. The molecular formula is C18H32F3NOSi. The predicted octanol–water partition coefficient (Wildman–Crippen LogP) is 4.05. The van der Waals surface area contributed by atoms with Crippen molar-refractivity contribution in [2.45, 2.75) is 72.0 Å². The molecule has 1 aromatic carbocycles. The molecule has 0 saturated carbocycles. The summed E-state index contributed by atoms with van der Waals surface area (Å²) in [5.41, 5.74) is -0.0593. The number of halogens is 3. The van der Waals surface area contributed by atoms with Gasteiger partial charge in [0.2, 0.25) is 0 Å². The quantitative estimate of drug-likeness (QED) is 0.556. The molecule has 0 heterocycles. The van der Waals surface area contributed by atoms with Gasteiger partial charge in [-0.1, -0.05) is 13.3 Å². The molecule has 0 saturated heterocycles. The lowest BCUT2D eigenvalue weighted by Crippen LogP contribution is -2.36. The monoisotopic (exact) mass is 363 g/mol. The number of hydrogen-bond donors (Lipinski definition) is 1. The van der Waals surface area contributed by atoms with Crippen molar-refractivity contribution in [2.75, 3.05) is 6.54 Å². The second-order valence-corrected chi connectivity index (χ2v) is 7.55. The van der Waals surface area contributed by atoms with Gasteiger partial charge >= 0.3 is 0 Å². The van der Waals surface area contributed by atoms with Crippen LogP contribution in [0.5, 0.6) is 0 Å². The zero-order valence-corrected chi connectivity index (χ0v) is 17.0. The fraction of sp³-hybridized carbons (Fsp3) is 0.667. The second kappa shape index (κ2) is 12.5. The van der Waals surface area contributed by atoms with Crippen molar-refractivity contribution in [3.05, 3.63) is 35.1 Å². The summed E-state index contributed by atoms with van der Waals surface area (Å²) in [6.45, 7) is 12.3. The van der Waals surface area contributed by atoms with Crippen LogP contribution in [0.25, 0.3) is 0 Å². The van der Waals surface area contributed by atoms with Crippen LogP contribution < -0.4 is 0 Å². The highest BCUT2D eigenvalue weighted by Gasteiger charge is 2.10. The Morgan fingerprint density at radius 2 is 1.50 bits per heavy atom. The average molecular weight is 364 g/mol. The minimum Gasteiger partial charge on any atom is -0.438 e. The predicted molar refractivity (Wildman–Crippen MR) is 97.5 cm³/mol. The molecule has 140 valence electrons. The number of hydrogen-bond acceptors (Lipinski definition) is 2. The molecule has 0 aliphatic heterocycles. The van der Waals surface area contributed by atoms with Crippen molar-refractivity contribution in [2.24, 2.45) is 0 Å². The normalized spacial score (nSPS) is 11.7. The van der Waals surface area contributed by atoms with Gasteiger partial charge in [-0.2, -0.15) is 0 Å². The van der Waals surface area contributed by atoms with Gasteiger partial charge in [0.05, 0.1) is 0 Å². The molecule has 0 bridgehead atoms. The molecular weight excluding hydrogens is 331 g/mol. The first-order valence-electron chi connectivity index (χ1n) is 8.74. The minimum atomic E-state index is -0.959. The molecule has 1 rings (SSSR count). The van der Waals surface area contributed by atoms with E-state index in [2.05, 4.69) is 39.5 Å². The van der Waals surface area contributed by atoms with Crippen LogP contribution in [0.2, 0.25) is 6.04 Å². The Labute approximate surface area is 147 Å². The summed E-state index contributed by atoms with van der Waals surface area (Å²) >= 11 is 0. The molecule has 0 radical (unpaired) electrons. The van der Waals surface area contributed by atoms with E-state index in [0.29, 0.717) is 30.6 Å². The third-order valence-corrected chi connectivity index (χ3v) is 4.70. The minimum absolute atomic E-state index is 0.0593. The highest BCUT2D eigenvalue weighted by atomic mass is 28.2. The lowest BCUT2D eigenvalue weighted by molar-refractivity contribution is 0.185. The molecule has 6 heteroatoms. The maximum atomic E-state index is 13.1. The van der Waals surface area contributed by atoms with E-state index in [1.54, 1.807) is 0 Å². The van der Waals surface area contributed by atoms with Gasteiger partial charge in [0.1, 0.15) is 17.5 Å². The topological polar surface area (TPSA) is 23.5 Å². The SMILES string of the molecule is CCN(C(C)C)C(C)C.O[SiH2]CCCCc1c(F)cc(F)cc1F. The smallest absolute Gasteiger partial charge is 0.156 e. The summed E-state index contributed by atoms with van der Waals surface area (Å²) < 4.78 is 38.7. The first-order chi connectivity index (χ1) is 11.2. The fourth-order valence-electron chi connectivity index (χ4n) is 2.73. The molecule has 24 heavy (non-hydrogen) atoms. The number of nitrogens with zero attached hydrogens (tertiary/aromatic N) is 1. The van der Waals surface area contributed by atoms with Gasteiger partial charge in [-0.05, 0) is 53.1 Å². The maximum Gasteiger partial charge on any atom is 0.156 e. The molecule has 0 aromatic heterocycles. The molecule has 0 atom stereocenters. The Bertz CT molecular complexity index is 439. The van der Waals surface area contributed by atoms with Crippen LogP contribution in [0.15, 0.2) is 12.1 Å². The fourth-order valence-corrected chi connectivity index (χ4v) is 3.31. The zero-order valence-electron chi connectivity index (χ0n) is 15.6. The Balaban J connectivity index is 0.000000506. The lowest BCUT2D eigenvalue weighted by atomic mass is 10.1. The van der Waals surface area contributed by atoms with Gasteiger partial charge < -0.3 is 4.80 Å². The second-order valence-electron chi connectivity index (χ2n) is 6.40. The Kier molecular flexibility index (Phi) is 12.1. The Hall–Kier alpha value is -0.853. The Morgan fingerprint density at radius 1 is 1.00 bits per heavy atom. The molecule has 0 aliphatic carbocycles. The first kappa shape index (κ1) is 23.1. The number of unbranched alkanes of at least 4 members (excludes halogenated alkanes) is 1. The van der Waals surface area contributed by atoms with Crippen LogP contribution in [0.4, 0.5) is 13.2 Å². The third-order valence-electron chi connectivity index (χ3n) is 3.88. The first-order valence-corrected chi connectivity index (χ1v) is 10.4. The molecule has 0 amide bonds. The summed E-state index contributed by atoms with van der Waals surface area (Å²) in [6.07, 6.45) is 1.64. The van der Waals surface area contributed by atoms with E-state index in [-0.39, 0.29) is 12.0 Å². The van der Waals surface area contributed by atoms with E-state index in [9.17, 15) is 13.2 Å². The summed E-state index contributed by atoms with van der Waals surface area (Å²) in [7, 11) is -0.959. The lowest BCUT2D eigenvalue weighted by Gasteiger charge is -2.28. The van der Waals surface area contributed by atoms with Crippen LogP contribution in [0.1, 0.15) is 53.0 Å². The highest BCUT2D eigenvalue weighted by molar-refractivity contribution is 6.25. The van der Waals surface area contributed by atoms with E-state index < -0.39 is 27.2 Å². The van der Waals surface area contributed by atoms with E-state index in [1.165, 1.54) is 0 Å². The van der Waals surface area contributed by atoms with Gasteiger partial charge in [0.15, 0.2) is 9.76 Å². The van der Waals surface area contributed by atoms with E-state index in [0.717, 1.165) is 19.0 Å². The van der Waals surface area contributed by atoms with Crippen molar-refractivity contribution in [1.82, 2.24) is 4.90 Å². The average Bonchev–Trinajstić information content (AvgIpc) is 2.46. The highest BCUT2D eigenvalue weighted by Crippen LogP contribution is 2.17. The zero-order chi connectivity index (χ0) is 18.7. The van der Waals surface area contributed by atoms with E-state index in [4.69, 9.17) is 4.80 Å². The maximum absolute atomic E-state index is 13.1. The van der Waals surface area contributed by atoms with Gasteiger partial charge in [0.25, 0.3) is 0 Å².